The number of benzene rings is 8. The third-order valence-corrected chi connectivity index (χ3v) is 10.0. The fourth-order valence-corrected chi connectivity index (χ4v) is 7.86. The molecule has 0 saturated carbocycles. The normalized spacial score (nSPS) is 11.7. The lowest BCUT2D eigenvalue weighted by molar-refractivity contribution is 1.63. The van der Waals surface area contributed by atoms with Crippen LogP contribution in [0.3, 0.4) is 0 Å². The second kappa shape index (κ2) is 9.66. The van der Waals surface area contributed by atoms with Crippen molar-refractivity contribution in [2.24, 2.45) is 0 Å². The Hall–Kier alpha value is -5.24. The summed E-state index contributed by atoms with van der Waals surface area (Å²) in [6.07, 6.45) is 0. The Balaban J connectivity index is 1.16. The first-order valence-corrected chi connectivity index (χ1v) is 15.6. The van der Waals surface area contributed by atoms with Crippen LogP contribution in [0.4, 0.5) is 0 Å². The fraction of sp³-hybridized carbons (Fsp3) is 0. The van der Waals surface area contributed by atoms with Crippen LogP contribution in [-0.4, -0.2) is 0 Å². The summed E-state index contributed by atoms with van der Waals surface area (Å²) in [5.74, 6) is 0. The van der Waals surface area contributed by atoms with Crippen LogP contribution >= 0.6 is 11.3 Å². The Bertz CT molecular complexity index is 2460. The molecule has 0 saturated heterocycles. The third-order valence-electron chi connectivity index (χ3n) is 8.86. The lowest BCUT2D eigenvalue weighted by Crippen LogP contribution is -1.86. The molecule has 0 nitrogen and oxygen atoms in total. The summed E-state index contributed by atoms with van der Waals surface area (Å²) in [6.45, 7) is 0. The summed E-state index contributed by atoms with van der Waals surface area (Å²) in [7, 11) is 0. The molecule has 9 aromatic rings. The van der Waals surface area contributed by atoms with Crippen molar-refractivity contribution in [1.29, 1.82) is 0 Å². The van der Waals surface area contributed by atoms with Crippen LogP contribution in [0.1, 0.15) is 0 Å². The molecule has 0 aliphatic heterocycles. The minimum absolute atomic E-state index is 1.24. The van der Waals surface area contributed by atoms with Crippen LogP contribution in [0.15, 0.2) is 158 Å². The predicted molar refractivity (Wildman–Crippen MR) is 188 cm³/mol. The maximum atomic E-state index is 2.38. The number of hydrogen-bond donors (Lipinski definition) is 0. The minimum Gasteiger partial charge on any atom is -0.135 e. The smallest absolute Gasteiger partial charge is 0.0361 e. The van der Waals surface area contributed by atoms with E-state index < -0.39 is 0 Å². The highest BCUT2D eigenvalue weighted by Gasteiger charge is 2.12. The summed E-state index contributed by atoms with van der Waals surface area (Å²) < 4.78 is 1.33. The molecule has 0 N–H and O–H groups in total. The van der Waals surface area contributed by atoms with Gasteiger partial charge in [-0.15, -0.1) is 11.3 Å². The highest BCUT2D eigenvalue weighted by molar-refractivity contribution is 7.22. The van der Waals surface area contributed by atoms with Gasteiger partial charge in [-0.1, -0.05) is 133 Å². The largest absolute Gasteiger partial charge is 0.135 e. The maximum absolute atomic E-state index is 2.38. The SMILES string of the molecule is c1ccc2sc(-c3cccc4c3ccc3cc5c(-c6ccc(-c7cccc8ccccc78)cc6)cccc5cc34)cc2c1. The number of fused-ring (bicyclic) bond motifs is 6. The van der Waals surface area contributed by atoms with E-state index in [1.807, 2.05) is 11.3 Å². The molecule has 1 heteroatoms. The van der Waals surface area contributed by atoms with Crippen LogP contribution in [0, 0.1) is 0 Å². The van der Waals surface area contributed by atoms with Gasteiger partial charge in [-0.2, -0.15) is 0 Å². The van der Waals surface area contributed by atoms with Crippen LogP contribution in [0.2, 0.25) is 0 Å². The van der Waals surface area contributed by atoms with Crippen molar-refractivity contribution in [3.63, 3.8) is 0 Å². The highest BCUT2D eigenvalue weighted by Crippen LogP contribution is 2.41. The lowest BCUT2D eigenvalue weighted by atomic mass is 9.91. The van der Waals surface area contributed by atoms with E-state index in [1.54, 1.807) is 0 Å². The van der Waals surface area contributed by atoms with E-state index in [2.05, 4.69) is 158 Å². The van der Waals surface area contributed by atoms with Gasteiger partial charge in [0.1, 0.15) is 0 Å². The van der Waals surface area contributed by atoms with Crippen LogP contribution < -0.4 is 0 Å². The zero-order valence-corrected chi connectivity index (χ0v) is 24.2. The summed E-state index contributed by atoms with van der Waals surface area (Å²) in [6, 6.07) is 58.0. The summed E-state index contributed by atoms with van der Waals surface area (Å²) >= 11 is 1.87. The van der Waals surface area contributed by atoms with Gasteiger partial charge in [-0.3, -0.25) is 0 Å². The molecule has 0 bridgehead atoms. The van der Waals surface area contributed by atoms with E-state index in [-0.39, 0.29) is 0 Å². The molecule has 0 amide bonds. The second-order valence-electron chi connectivity index (χ2n) is 11.3. The quantitative estimate of drug-likeness (QED) is 0.148. The average molecular weight is 563 g/mol. The van der Waals surface area contributed by atoms with Crippen LogP contribution in [-0.2, 0) is 0 Å². The van der Waals surface area contributed by atoms with E-state index in [1.165, 1.54) is 85.9 Å². The van der Waals surface area contributed by atoms with Crippen molar-refractivity contribution in [2.75, 3.05) is 0 Å². The number of rotatable bonds is 3. The summed E-state index contributed by atoms with van der Waals surface area (Å²) in [4.78, 5) is 1.32. The van der Waals surface area contributed by atoms with Gasteiger partial charge in [0.2, 0.25) is 0 Å². The van der Waals surface area contributed by atoms with Crippen molar-refractivity contribution in [1.82, 2.24) is 0 Å². The maximum Gasteiger partial charge on any atom is 0.0361 e. The van der Waals surface area contributed by atoms with E-state index in [9.17, 15) is 0 Å². The molecule has 0 aliphatic rings. The first-order chi connectivity index (χ1) is 21.3. The van der Waals surface area contributed by atoms with Crippen molar-refractivity contribution < 1.29 is 0 Å². The van der Waals surface area contributed by atoms with Gasteiger partial charge >= 0.3 is 0 Å². The molecule has 0 atom stereocenters. The molecule has 1 heterocycles. The summed E-state index contributed by atoms with van der Waals surface area (Å²) in [5.41, 5.74) is 6.33. The zero-order valence-electron chi connectivity index (χ0n) is 23.4. The monoisotopic (exact) mass is 562 g/mol. The first kappa shape index (κ1) is 24.4. The van der Waals surface area contributed by atoms with Gasteiger partial charge in [0.05, 0.1) is 0 Å². The zero-order chi connectivity index (χ0) is 28.3. The third kappa shape index (κ3) is 3.97. The molecular formula is C42H26S. The Kier molecular flexibility index (Phi) is 5.47. The molecule has 0 unspecified atom stereocenters. The molecule has 9 rings (SSSR count). The van der Waals surface area contributed by atoms with E-state index >= 15 is 0 Å². The topological polar surface area (TPSA) is 0 Å². The predicted octanol–water partition coefficient (Wildman–Crippen LogP) is 12.5. The van der Waals surface area contributed by atoms with Crippen LogP contribution in [0.25, 0.3) is 85.9 Å². The van der Waals surface area contributed by atoms with Crippen molar-refractivity contribution in [2.45, 2.75) is 0 Å². The van der Waals surface area contributed by atoms with Gasteiger partial charge in [0.25, 0.3) is 0 Å². The second-order valence-corrected chi connectivity index (χ2v) is 12.4. The molecule has 1 aromatic heterocycles. The van der Waals surface area contributed by atoms with E-state index in [0.717, 1.165) is 0 Å². The Morgan fingerprint density at radius 3 is 1.70 bits per heavy atom. The molecule has 200 valence electrons. The van der Waals surface area contributed by atoms with E-state index in [4.69, 9.17) is 0 Å². The van der Waals surface area contributed by atoms with Crippen LogP contribution in [0.5, 0.6) is 0 Å². The Morgan fingerprint density at radius 2 is 0.884 bits per heavy atom. The molecule has 43 heavy (non-hydrogen) atoms. The number of thiophene rings is 1. The molecular weight excluding hydrogens is 537 g/mol. The fourth-order valence-electron chi connectivity index (χ4n) is 6.75. The molecule has 0 radical (unpaired) electrons. The number of hydrogen-bond acceptors (Lipinski definition) is 1. The standard InChI is InChI=1S/C42H26S/c1-3-12-33-27(8-1)10-5-13-34(33)28-18-20-29(21-19-28)35-14-6-11-30-24-40-31(25-39(30)35)22-23-37-36(40)15-7-16-38(37)42-26-32-9-2-4-17-41(32)43-42/h1-26H. The first-order valence-electron chi connectivity index (χ1n) is 14.8. The van der Waals surface area contributed by atoms with E-state index in [0.29, 0.717) is 0 Å². The molecule has 0 spiro atoms. The Labute approximate surface area is 254 Å². The van der Waals surface area contributed by atoms with Gasteiger partial charge in [-0.25, -0.2) is 0 Å². The van der Waals surface area contributed by atoms with Crippen molar-refractivity contribution in [3.8, 4) is 32.7 Å². The summed E-state index contributed by atoms with van der Waals surface area (Å²) in [5, 5.41) is 11.6. The van der Waals surface area contributed by atoms with Crippen molar-refractivity contribution >= 4 is 64.5 Å². The highest BCUT2D eigenvalue weighted by atomic mass is 32.1. The minimum atomic E-state index is 1.24. The molecule has 0 fully saturated rings. The van der Waals surface area contributed by atoms with Gasteiger partial charge in [-0.05, 0) is 101 Å². The Morgan fingerprint density at radius 1 is 0.302 bits per heavy atom. The van der Waals surface area contributed by atoms with Gasteiger partial charge < -0.3 is 0 Å². The van der Waals surface area contributed by atoms with Gasteiger partial charge in [0, 0.05) is 9.58 Å². The van der Waals surface area contributed by atoms with Gasteiger partial charge in [0.15, 0.2) is 0 Å². The average Bonchev–Trinajstić information content (AvgIpc) is 3.51. The lowest BCUT2D eigenvalue weighted by Gasteiger charge is -2.13. The van der Waals surface area contributed by atoms with Crippen molar-refractivity contribution in [3.05, 3.63) is 158 Å². The molecule has 8 aromatic carbocycles. The molecule has 0 aliphatic carbocycles.